The molecule has 6 heteroatoms. The molecule has 6 nitrogen and oxygen atoms in total. The van der Waals surface area contributed by atoms with Crippen molar-refractivity contribution in [2.24, 2.45) is 0 Å². The molecule has 1 aromatic carbocycles. The van der Waals surface area contributed by atoms with Crippen molar-refractivity contribution >= 4 is 17.9 Å². The van der Waals surface area contributed by atoms with E-state index >= 15 is 0 Å². The van der Waals surface area contributed by atoms with E-state index < -0.39 is 24.5 Å². The van der Waals surface area contributed by atoms with E-state index in [-0.39, 0.29) is 12.5 Å². The summed E-state index contributed by atoms with van der Waals surface area (Å²) in [6.45, 7) is 3.29. The van der Waals surface area contributed by atoms with Gasteiger partial charge >= 0.3 is 12.0 Å². The number of carbonyl (C=O) groups excluding carboxylic acids is 3. The first-order valence-electron chi connectivity index (χ1n) is 7.31. The van der Waals surface area contributed by atoms with Gasteiger partial charge in [0.25, 0.3) is 5.91 Å². The standard InChI is InChI=1S/C16H22N2O4/c1-3-12(2)17-16(21)18-14(19)11-22-15(20)10-9-13-7-5-4-6-8-13/h4-8,12H,3,9-11H2,1-2H3,(H2,17,18,19,21)/t12-/m1/s1. The molecule has 0 heterocycles. The van der Waals surface area contributed by atoms with Crippen LogP contribution in [0, 0.1) is 0 Å². The molecule has 0 radical (unpaired) electrons. The number of benzene rings is 1. The van der Waals surface area contributed by atoms with Crippen molar-refractivity contribution in [1.82, 2.24) is 10.6 Å². The maximum Gasteiger partial charge on any atom is 0.321 e. The number of carbonyl (C=O) groups is 3. The van der Waals surface area contributed by atoms with Gasteiger partial charge in [0.1, 0.15) is 0 Å². The van der Waals surface area contributed by atoms with Crippen LogP contribution < -0.4 is 10.6 Å². The molecule has 22 heavy (non-hydrogen) atoms. The second kappa shape index (κ2) is 9.55. The summed E-state index contributed by atoms with van der Waals surface area (Å²) in [7, 11) is 0. The zero-order chi connectivity index (χ0) is 16.4. The topological polar surface area (TPSA) is 84.5 Å². The zero-order valence-corrected chi connectivity index (χ0v) is 12.9. The first-order valence-corrected chi connectivity index (χ1v) is 7.31. The van der Waals surface area contributed by atoms with Crippen LogP contribution in [0.2, 0.25) is 0 Å². The van der Waals surface area contributed by atoms with Crippen LogP contribution in [0.4, 0.5) is 4.79 Å². The average Bonchev–Trinajstić information content (AvgIpc) is 2.51. The highest BCUT2D eigenvalue weighted by molar-refractivity contribution is 5.95. The second-order valence-electron chi connectivity index (χ2n) is 4.98. The minimum Gasteiger partial charge on any atom is -0.456 e. The summed E-state index contributed by atoms with van der Waals surface area (Å²) in [6.07, 6.45) is 1.50. The number of urea groups is 1. The lowest BCUT2D eigenvalue weighted by Gasteiger charge is -2.11. The predicted molar refractivity (Wildman–Crippen MR) is 82.1 cm³/mol. The van der Waals surface area contributed by atoms with Crippen LogP contribution >= 0.6 is 0 Å². The minimum atomic E-state index is -0.645. The molecule has 1 aromatic rings. The van der Waals surface area contributed by atoms with Gasteiger partial charge in [0.05, 0.1) is 0 Å². The van der Waals surface area contributed by atoms with Crippen LogP contribution in [-0.2, 0) is 20.7 Å². The summed E-state index contributed by atoms with van der Waals surface area (Å²) in [5.74, 6) is -1.12. The molecule has 3 amide bonds. The minimum absolute atomic E-state index is 0.0266. The van der Waals surface area contributed by atoms with E-state index in [9.17, 15) is 14.4 Å². The lowest BCUT2D eigenvalue weighted by molar-refractivity contribution is -0.148. The van der Waals surface area contributed by atoms with Gasteiger partial charge in [-0.3, -0.25) is 14.9 Å². The number of hydrogen-bond acceptors (Lipinski definition) is 4. The Bertz CT molecular complexity index is 502. The molecule has 0 fully saturated rings. The Kier molecular flexibility index (Phi) is 7.67. The molecule has 0 aliphatic heterocycles. The number of ether oxygens (including phenoxy) is 1. The Morgan fingerprint density at radius 1 is 1.18 bits per heavy atom. The molecule has 1 rings (SSSR count). The normalized spacial score (nSPS) is 11.4. The highest BCUT2D eigenvalue weighted by atomic mass is 16.5. The maximum absolute atomic E-state index is 11.5. The van der Waals surface area contributed by atoms with Gasteiger partial charge in [0.2, 0.25) is 0 Å². The lowest BCUT2D eigenvalue weighted by Crippen LogP contribution is -2.44. The third kappa shape index (κ3) is 7.42. The maximum atomic E-state index is 11.5. The van der Waals surface area contributed by atoms with Crippen LogP contribution in [0.5, 0.6) is 0 Å². The summed E-state index contributed by atoms with van der Waals surface area (Å²) in [4.78, 5) is 34.4. The molecule has 0 aliphatic carbocycles. The van der Waals surface area contributed by atoms with Crippen molar-refractivity contribution in [3.05, 3.63) is 35.9 Å². The summed E-state index contributed by atoms with van der Waals surface area (Å²) in [6, 6.07) is 8.91. The second-order valence-corrected chi connectivity index (χ2v) is 4.98. The number of nitrogens with one attached hydrogen (secondary N) is 2. The summed E-state index contributed by atoms with van der Waals surface area (Å²) in [5, 5.41) is 4.69. The van der Waals surface area contributed by atoms with Crippen molar-refractivity contribution in [2.45, 2.75) is 39.2 Å². The fourth-order valence-corrected chi connectivity index (χ4v) is 1.63. The molecule has 0 aliphatic rings. The van der Waals surface area contributed by atoms with Crippen molar-refractivity contribution in [2.75, 3.05) is 6.61 Å². The molecule has 0 spiro atoms. The van der Waals surface area contributed by atoms with E-state index in [1.165, 1.54) is 0 Å². The van der Waals surface area contributed by atoms with Gasteiger partial charge in [0, 0.05) is 12.5 Å². The Balaban J connectivity index is 2.20. The van der Waals surface area contributed by atoms with Gasteiger partial charge in [-0.25, -0.2) is 4.79 Å². The molecule has 0 saturated heterocycles. The largest absolute Gasteiger partial charge is 0.456 e. The van der Waals surface area contributed by atoms with Crippen molar-refractivity contribution in [3.63, 3.8) is 0 Å². The molecule has 0 saturated carbocycles. The number of imide groups is 1. The Morgan fingerprint density at radius 2 is 1.86 bits per heavy atom. The van der Waals surface area contributed by atoms with E-state index in [4.69, 9.17) is 4.74 Å². The van der Waals surface area contributed by atoms with Gasteiger partial charge in [0.15, 0.2) is 6.61 Å². The van der Waals surface area contributed by atoms with Crippen LogP contribution in [0.1, 0.15) is 32.3 Å². The van der Waals surface area contributed by atoms with Gasteiger partial charge in [-0.05, 0) is 25.3 Å². The molecule has 0 unspecified atom stereocenters. The highest BCUT2D eigenvalue weighted by Crippen LogP contribution is 2.03. The SMILES string of the molecule is CC[C@@H](C)NC(=O)NC(=O)COC(=O)CCc1ccccc1. The average molecular weight is 306 g/mol. The molecule has 2 N–H and O–H groups in total. The number of amides is 3. The van der Waals surface area contributed by atoms with Crippen molar-refractivity contribution in [3.8, 4) is 0 Å². The first-order chi connectivity index (χ1) is 10.5. The number of hydrogen-bond donors (Lipinski definition) is 2. The molecule has 1 atom stereocenters. The zero-order valence-electron chi connectivity index (χ0n) is 12.9. The Morgan fingerprint density at radius 3 is 2.50 bits per heavy atom. The van der Waals surface area contributed by atoms with Gasteiger partial charge in [-0.2, -0.15) is 0 Å². The van der Waals surface area contributed by atoms with E-state index in [0.29, 0.717) is 6.42 Å². The number of aryl methyl sites for hydroxylation is 1. The third-order valence-electron chi connectivity index (χ3n) is 3.07. The van der Waals surface area contributed by atoms with Crippen LogP contribution in [0.3, 0.4) is 0 Å². The lowest BCUT2D eigenvalue weighted by atomic mass is 10.1. The fraction of sp³-hybridized carbons (Fsp3) is 0.438. The summed E-state index contributed by atoms with van der Waals surface area (Å²) < 4.78 is 4.83. The molecule has 0 aromatic heterocycles. The Labute approximate surface area is 130 Å². The quantitative estimate of drug-likeness (QED) is 0.752. The molecular weight excluding hydrogens is 284 g/mol. The monoisotopic (exact) mass is 306 g/mol. The van der Waals surface area contributed by atoms with Crippen LogP contribution in [0.25, 0.3) is 0 Å². The van der Waals surface area contributed by atoms with Crippen molar-refractivity contribution in [1.29, 1.82) is 0 Å². The number of rotatable bonds is 7. The van der Waals surface area contributed by atoms with Crippen molar-refractivity contribution < 1.29 is 19.1 Å². The Hall–Kier alpha value is -2.37. The van der Waals surface area contributed by atoms with Gasteiger partial charge < -0.3 is 10.1 Å². The predicted octanol–water partition coefficient (Wildman–Crippen LogP) is 1.79. The first kappa shape index (κ1) is 17.7. The van der Waals surface area contributed by atoms with E-state index in [0.717, 1.165) is 12.0 Å². The molecule has 120 valence electrons. The molecular formula is C16H22N2O4. The van der Waals surface area contributed by atoms with Crippen LogP contribution in [-0.4, -0.2) is 30.6 Å². The third-order valence-corrected chi connectivity index (χ3v) is 3.07. The number of esters is 1. The van der Waals surface area contributed by atoms with E-state index in [2.05, 4.69) is 10.6 Å². The van der Waals surface area contributed by atoms with Gasteiger partial charge in [-0.1, -0.05) is 37.3 Å². The summed E-state index contributed by atoms with van der Waals surface area (Å²) in [5.41, 5.74) is 1.02. The van der Waals surface area contributed by atoms with Crippen LogP contribution in [0.15, 0.2) is 30.3 Å². The van der Waals surface area contributed by atoms with E-state index in [1.807, 2.05) is 44.2 Å². The smallest absolute Gasteiger partial charge is 0.321 e. The van der Waals surface area contributed by atoms with E-state index in [1.54, 1.807) is 0 Å². The molecule has 0 bridgehead atoms. The summed E-state index contributed by atoms with van der Waals surface area (Å²) >= 11 is 0. The van der Waals surface area contributed by atoms with Gasteiger partial charge in [-0.15, -0.1) is 0 Å². The highest BCUT2D eigenvalue weighted by Gasteiger charge is 2.12. The fourth-order valence-electron chi connectivity index (χ4n) is 1.63.